The number of hydrogen-bond acceptors (Lipinski definition) is 4. The summed E-state index contributed by atoms with van der Waals surface area (Å²) in [6.07, 6.45) is -1.53. The van der Waals surface area contributed by atoms with E-state index in [-0.39, 0.29) is 28.5 Å². The fourth-order valence-corrected chi connectivity index (χ4v) is 4.37. The summed E-state index contributed by atoms with van der Waals surface area (Å²) >= 11 is 0. The average molecular weight is 480 g/mol. The fourth-order valence-electron chi connectivity index (χ4n) is 4.37. The van der Waals surface area contributed by atoms with Crippen LogP contribution in [0, 0.1) is 12.7 Å². The smallest absolute Gasteiger partial charge is 0.280 e. The van der Waals surface area contributed by atoms with Crippen LogP contribution in [0.3, 0.4) is 0 Å². The van der Waals surface area contributed by atoms with Gasteiger partial charge in [0.05, 0.1) is 11.9 Å². The molecule has 0 unspecified atom stereocenters. The minimum absolute atomic E-state index is 0.0643. The van der Waals surface area contributed by atoms with Gasteiger partial charge in [-0.05, 0) is 48.4 Å². The number of benzene rings is 2. The average Bonchev–Trinajstić information content (AvgIpc) is 3.29. The molecule has 9 heteroatoms. The van der Waals surface area contributed by atoms with Crippen molar-refractivity contribution in [2.24, 2.45) is 0 Å². The highest BCUT2D eigenvalue weighted by Crippen LogP contribution is 2.27. The Kier molecular flexibility index (Phi) is 6.25. The molecule has 1 fully saturated rings. The van der Waals surface area contributed by atoms with Crippen molar-refractivity contribution < 1.29 is 18.0 Å². The lowest BCUT2D eigenvalue weighted by Gasteiger charge is -2.34. The summed E-state index contributed by atoms with van der Waals surface area (Å²) in [5.41, 5.74) is 3.04. The van der Waals surface area contributed by atoms with Crippen molar-refractivity contribution >= 4 is 11.6 Å². The van der Waals surface area contributed by atoms with Crippen molar-refractivity contribution in [3.05, 3.63) is 89.0 Å². The van der Waals surface area contributed by atoms with Crippen LogP contribution >= 0.6 is 0 Å². The normalized spacial score (nSPS) is 14.7. The van der Waals surface area contributed by atoms with Crippen LogP contribution in [0.1, 0.15) is 33.6 Å². The SMILES string of the molecule is Cc1ccccc1CN1CCN(C(=O)c2cnn3c(C(F)F)cc(-c4ccc(F)cc4)nc23)CC1. The van der Waals surface area contributed by atoms with Gasteiger partial charge in [0.15, 0.2) is 5.65 Å². The van der Waals surface area contributed by atoms with Gasteiger partial charge in [-0.15, -0.1) is 0 Å². The first-order valence-electron chi connectivity index (χ1n) is 11.4. The monoisotopic (exact) mass is 479 g/mol. The van der Waals surface area contributed by atoms with Crippen molar-refractivity contribution in [3.8, 4) is 11.3 Å². The molecule has 0 aliphatic carbocycles. The Morgan fingerprint density at radius 3 is 2.43 bits per heavy atom. The zero-order valence-electron chi connectivity index (χ0n) is 19.2. The molecule has 180 valence electrons. The fraction of sp³-hybridized carbons (Fsp3) is 0.269. The molecule has 0 spiro atoms. The number of carbonyl (C=O) groups excluding carboxylic acids is 1. The number of rotatable bonds is 5. The van der Waals surface area contributed by atoms with Crippen molar-refractivity contribution in [1.29, 1.82) is 0 Å². The molecule has 1 amide bonds. The lowest BCUT2D eigenvalue weighted by atomic mass is 10.1. The second-order valence-corrected chi connectivity index (χ2v) is 8.66. The lowest BCUT2D eigenvalue weighted by Crippen LogP contribution is -2.48. The summed E-state index contributed by atoms with van der Waals surface area (Å²) in [6.45, 7) is 5.33. The summed E-state index contributed by atoms with van der Waals surface area (Å²) in [4.78, 5) is 21.8. The molecule has 35 heavy (non-hydrogen) atoms. The van der Waals surface area contributed by atoms with E-state index >= 15 is 0 Å². The van der Waals surface area contributed by atoms with Gasteiger partial charge in [0, 0.05) is 38.3 Å². The molecule has 0 radical (unpaired) electrons. The number of fused-ring (bicyclic) bond motifs is 1. The Labute approximate surface area is 200 Å². The molecule has 2 aromatic heterocycles. The minimum Gasteiger partial charge on any atom is -0.336 e. The summed E-state index contributed by atoms with van der Waals surface area (Å²) < 4.78 is 42.0. The molecule has 0 atom stereocenters. The molecular formula is C26H24F3N5O. The Morgan fingerprint density at radius 2 is 1.74 bits per heavy atom. The molecule has 2 aromatic carbocycles. The number of aryl methyl sites for hydroxylation is 1. The first-order valence-corrected chi connectivity index (χ1v) is 11.4. The number of carbonyl (C=O) groups is 1. The molecule has 0 bridgehead atoms. The first-order chi connectivity index (χ1) is 16.9. The second kappa shape index (κ2) is 9.50. The van der Waals surface area contributed by atoms with Crippen LogP contribution in [0.2, 0.25) is 0 Å². The lowest BCUT2D eigenvalue weighted by molar-refractivity contribution is 0.0629. The van der Waals surface area contributed by atoms with Crippen LogP contribution in [-0.2, 0) is 6.54 Å². The van der Waals surface area contributed by atoms with Gasteiger partial charge in [-0.25, -0.2) is 22.7 Å². The summed E-state index contributed by atoms with van der Waals surface area (Å²) in [5.74, 6) is -0.731. The Hall–Kier alpha value is -3.72. The van der Waals surface area contributed by atoms with Gasteiger partial charge in [-0.3, -0.25) is 9.69 Å². The van der Waals surface area contributed by atoms with E-state index in [1.165, 1.54) is 47.7 Å². The van der Waals surface area contributed by atoms with Gasteiger partial charge in [0.1, 0.15) is 17.1 Å². The summed E-state index contributed by atoms with van der Waals surface area (Å²) in [6, 6.07) is 14.9. The van der Waals surface area contributed by atoms with Crippen molar-refractivity contribution in [2.75, 3.05) is 26.2 Å². The van der Waals surface area contributed by atoms with Crippen LogP contribution in [0.5, 0.6) is 0 Å². The molecule has 1 aliphatic heterocycles. The van der Waals surface area contributed by atoms with Gasteiger partial charge in [0.2, 0.25) is 0 Å². The van der Waals surface area contributed by atoms with Crippen LogP contribution < -0.4 is 0 Å². The number of halogens is 3. The predicted octanol–water partition coefficient (Wildman–Crippen LogP) is 4.74. The minimum atomic E-state index is -2.83. The molecule has 5 rings (SSSR count). The number of hydrogen-bond donors (Lipinski definition) is 0. The predicted molar refractivity (Wildman–Crippen MR) is 126 cm³/mol. The number of amides is 1. The highest BCUT2D eigenvalue weighted by atomic mass is 19.3. The van der Waals surface area contributed by atoms with Gasteiger partial charge in [0.25, 0.3) is 12.3 Å². The molecule has 1 saturated heterocycles. The van der Waals surface area contributed by atoms with Crippen molar-refractivity contribution in [1.82, 2.24) is 24.4 Å². The molecule has 1 aliphatic rings. The zero-order valence-corrected chi connectivity index (χ0v) is 19.2. The maximum Gasteiger partial charge on any atom is 0.280 e. The Bertz CT molecular complexity index is 1360. The van der Waals surface area contributed by atoms with Gasteiger partial charge < -0.3 is 4.90 Å². The van der Waals surface area contributed by atoms with E-state index in [9.17, 15) is 18.0 Å². The maximum absolute atomic E-state index is 13.8. The van der Waals surface area contributed by atoms with E-state index in [4.69, 9.17) is 0 Å². The van der Waals surface area contributed by atoms with Crippen LogP contribution in [0.4, 0.5) is 13.2 Å². The van der Waals surface area contributed by atoms with E-state index in [2.05, 4.69) is 34.0 Å². The molecule has 4 aromatic rings. The molecular weight excluding hydrogens is 455 g/mol. The van der Waals surface area contributed by atoms with Crippen LogP contribution in [0.15, 0.2) is 60.8 Å². The third kappa shape index (κ3) is 4.64. The zero-order chi connectivity index (χ0) is 24.5. The number of nitrogens with zero attached hydrogens (tertiary/aromatic N) is 5. The van der Waals surface area contributed by atoms with E-state index in [1.54, 1.807) is 4.90 Å². The maximum atomic E-state index is 13.8. The third-order valence-electron chi connectivity index (χ3n) is 6.41. The van der Waals surface area contributed by atoms with Gasteiger partial charge >= 0.3 is 0 Å². The van der Waals surface area contributed by atoms with Crippen LogP contribution in [0.25, 0.3) is 16.9 Å². The van der Waals surface area contributed by atoms with Crippen LogP contribution in [-0.4, -0.2) is 56.5 Å². The first kappa shape index (κ1) is 23.0. The Morgan fingerprint density at radius 1 is 1.03 bits per heavy atom. The summed E-state index contributed by atoms with van der Waals surface area (Å²) in [7, 11) is 0. The second-order valence-electron chi connectivity index (χ2n) is 8.66. The van der Waals surface area contributed by atoms with Crippen molar-refractivity contribution in [3.63, 3.8) is 0 Å². The topological polar surface area (TPSA) is 53.7 Å². The highest BCUT2D eigenvalue weighted by molar-refractivity contribution is 6.00. The number of aromatic nitrogens is 3. The van der Waals surface area contributed by atoms with Gasteiger partial charge in [-0.1, -0.05) is 24.3 Å². The quantitative estimate of drug-likeness (QED) is 0.415. The molecule has 6 nitrogen and oxygen atoms in total. The largest absolute Gasteiger partial charge is 0.336 e. The van der Waals surface area contributed by atoms with E-state index in [1.807, 2.05) is 12.1 Å². The highest BCUT2D eigenvalue weighted by Gasteiger charge is 2.27. The molecule has 0 saturated carbocycles. The van der Waals surface area contributed by atoms with Gasteiger partial charge in [-0.2, -0.15) is 5.10 Å². The van der Waals surface area contributed by atoms with E-state index < -0.39 is 12.2 Å². The standard InChI is InChI=1S/C26H24F3N5O/c1-17-4-2-3-5-19(17)16-32-10-12-33(13-11-32)26(35)21-15-30-34-23(24(28)29)14-22(31-25(21)34)18-6-8-20(27)9-7-18/h2-9,14-15,24H,10-13,16H2,1H3. The third-order valence-corrected chi connectivity index (χ3v) is 6.41. The van der Waals surface area contributed by atoms with Crippen molar-refractivity contribution in [2.45, 2.75) is 19.9 Å². The molecule has 0 N–H and O–H groups in total. The molecule has 3 heterocycles. The van der Waals surface area contributed by atoms with E-state index in [0.717, 1.165) is 11.1 Å². The number of alkyl halides is 2. The Balaban J connectivity index is 1.39. The summed E-state index contributed by atoms with van der Waals surface area (Å²) in [5, 5.41) is 4.04. The van der Waals surface area contributed by atoms with E-state index in [0.29, 0.717) is 31.7 Å². The number of piperazine rings is 1.